The monoisotopic (exact) mass is 396 g/mol. The fourth-order valence-electron chi connectivity index (χ4n) is 2.01. The number of esters is 1. The SMILES string of the molecule is COc1ccc(C(=O)OCC(=O)NCC(=O)Nc2ccc(F)c(F)c2)c(F)c1. The van der Waals surface area contributed by atoms with Gasteiger partial charge in [0.1, 0.15) is 11.6 Å². The van der Waals surface area contributed by atoms with E-state index in [0.29, 0.717) is 0 Å². The van der Waals surface area contributed by atoms with Crippen LogP contribution in [0.3, 0.4) is 0 Å². The van der Waals surface area contributed by atoms with Gasteiger partial charge in [0.05, 0.1) is 19.2 Å². The second kappa shape index (κ2) is 9.40. The van der Waals surface area contributed by atoms with Crippen LogP contribution in [0.15, 0.2) is 36.4 Å². The predicted octanol–water partition coefficient (Wildman–Crippen LogP) is 2.02. The van der Waals surface area contributed by atoms with Crippen molar-refractivity contribution < 1.29 is 37.0 Å². The number of halogens is 3. The topological polar surface area (TPSA) is 93.7 Å². The maximum Gasteiger partial charge on any atom is 0.341 e. The number of carbonyl (C=O) groups excluding carboxylic acids is 3. The van der Waals surface area contributed by atoms with Crippen molar-refractivity contribution in [3.63, 3.8) is 0 Å². The highest BCUT2D eigenvalue weighted by Crippen LogP contribution is 2.17. The first kappa shape index (κ1) is 20.7. The van der Waals surface area contributed by atoms with Gasteiger partial charge in [-0.1, -0.05) is 0 Å². The zero-order chi connectivity index (χ0) is 20.7. The minimum Gasteiger partial charge on any atom is -0.497 e. The Balaban J connectivity index is 1.78. The molecule has 0 bridgehead atoms. The van der Waals surface area contributed by atoms with Gasteiger partial charge in [-0.3, -0.25) is 9.59 Å². The van der Waals surface area contributed by atoms with E-state index in [-0.39, 0.29) is 17.0 Å². The van der Waals surface area contributed by atoms with Crippen LogP contribution in [0.4, 0.5) is 18.9 Å². The Hall–Kier alpha value is -3.56. The van der Waals surface area contributed by atoms with Gasteiger partial charge in [-0.05, 0) is 24.3 Å². The lowest BCUT2D eigenvalue weighted by atomic mass is 10.2. The molecule has 0 aliphatic rings. The highest BCUT2D eigenvalue weighted by atomic mass is 19.2. The van der Waals surface area contributed by atoms with E-state index >= 15 is 0 Å². The molecule has 2 aromatic carbocycles. The number of rotatable bonds is 7. The lowest BCUT2D eigenvalue weighted by Gasteiger charge is -2.09. The van der Waals surface area contributed by atoms with Crippen molar-refractivity contribution in [2.75, 3.05) is 25.6 Å². The van der Waals surface area contributed by atoms with Crippen LogP contribution in [0.25, 0.3) is 0 Å². The van der Waals surface area contributed by atoms with Crippen molar-refractivity contribution in [3.8, 4) is 5.75 Å². The summed E-state index contributed by atoms with van der Waals surface area (Å²) in [7, 11) is 1.33. The molecule has 0 saturated heterocycles. The molecule has 0 saturated carbocycles. The van der Waals surface area contributed by atoms with E-state index in [1.165, 1.54) is 13.2 Å². The van der Waals surface area contributed by atoms with Crippen LogP contribution in [0, 0.1) is 17.5 Å². The van der Waals surface area contributed by atoms with Crippen LogP contribution in [0.5, 0.6) is 5.75 Å². The van der Waals surface area contributed by atoms with Crippen LogP contribution in [0.1, 0.15) is 10.4 Å². The van der Waals surface area contributed by atoms with Crippen molar-refractivity contribution in [1.29, 1.82) is 0 Å². The lowest BCUT2D eigenvalue weighted by molar-refractivity contribution is -0.126. The largest absolute Gasteiger partial charge is 0.497 e. The Bertz CT molecular complexity index is 905. The van der Waals surface area contributed by atoms with Crippen LogP contribution in [-0.2, 0) is 14.3 Å². The highest BCUT2D eigenvalue weighted by Gasteiger charge is 2.16. The van der Waals surface area contributed by atoms with Crippen molar-refractivity contribution in [2.45, 2.75) is 0 Å². The van der Waals surface area contributed by atoms with Crippen LogP contribution in [0.2, 0.25) is 0 Å². The Morgan fingerprint density at radius 3 is 2.32 bits per heavy atom. The number of nitrogens with one attached hydrogen (secondary N) is 2. The second-order valence-electron chi connectivity index (χ2n) is 5.38. The first-order chi connectivity index (χ1) is 13.3. The van der Waals surface area contributed by atoms with E-state index < -0.39 is 48.4 Å². The third-order valence-electron chi connectivity index (χ3n) is 3.38. The molecule has 2 amide bonds. The maximum absolute atomic E-state index is 13.7. The number of amides is 2. The molecular weight excluding hydrogens is 381 g/mol. The van der Waals surface area contributed by atoms with Crippen LogP contribution in [-0.4, -0.2) is 38.0 Å². The van der Waals surface area contributed by atoms with Gasteiger partial charge < -0.3 is 20.1 Å². The number of hydrogen-bond donors (Lipinski definition) is 2. The molecule has 0 radical (unpaired) electrons. The Morgan fingerprint density at radius 1 is 0.929 bits per heavy atom. The molecular formula is C18H15F3N2O5. The van der Waals surface area contributed by atoms with E-state index in [0.717, 1.165) is 30.3 Å². The molecule has 2 aromatic rings. The fraction of sp³-hybridized carbons (Fsp3) is 0.167. The van der Waals surface area contributed by atoms with Crippen LogP contribution >= 0.6 is 0 Å². The summed E-state index contributed by atoms with van der Waals surface area (Å²) in [6.45, 7) is -1.25. The number of anilines is 1. The van der Waals surface area contributed by atoms with Crippen molar-refractivity contribution in [3.05, 3.63) is 59.4 Å². The lowest BCUT2D eigenvalue weighted by Crippen LogP contribution is -2.35. The average molecular weight is 396 g/mol. The summed E-state index contributed by atoms with van der Waals surface area (Å²) in [5, 5.41) is 4.40. The summed E-state index contributed by atoms with van der Waals surface area (Å²) in [6.07, 6.45) is 0. The Morgan fingerprint density at radius 2 is 1.68 bits per heavy atom. The quantitative estimate of drug-likeness (QED) is 0.699. The number of ether oxygens (including phenoxy) is 2. The molecule has 0 heterocycles. The van der Waals surface area contributed by atoms with Gasteiger partial charge in [0.2, 0.25) is 5.91 Å². The molecule has 0 aliphatic carbocycles. The predicted molar refractivity (Wildman–Crippen MR) is 91.2 cm³/mol. The summed E-state index contributed by atoms with van der Waals surface area (Å²) < 4.78 is 49.1. The van der Waals surface area contributed by atoms with Gasteiger partial charge in [-0.25, -0.2) is 18.0 Å². The standard InChI is InChI=1S/C18H15F3N2O5/c1-27-11-3-4-12(14(20)7-11)18(26)28-9-17(25)22-8-16(24)23-10-2-5-13(19)15(21)6-10/h2-7H,8-9H2,1H3,(H,22,25)(H,23,24). The molecule has 0 unspecified atom stereocenters. The molecule has 10 heteroatoms. The van der Waals surface area contributed by atoms with Gasteiger partial charge in [0.25, 0.3) is 5.91 Å². The Kier molecular flexibility index (Phi) is 6.96. The van der Waals surface area contributed by atoms with Gasteiger partial charge in [0.15, 0.2) is 18.2 Å². The molecule has 2 N–H and O–H groups in total. The third kappa shape index (κ3) is 5.73. The second-order valence-corrected chi connectivity index (χ2v) is 5.38. The van der Waals surface area contributed by atoms with E-state index in [1.54, 1.807) is 0 Å². The average Bonchev–Trinajstić information content (AvgIpc) is 2.67. The smallest absolute Gasteiger partial charge is 0.341 e. The van der Waals surface area contributed by atoms with Gasteiger partial charge in [-0.2, -0.15) is 0 Å². The summed E-state index contributed by atoms with van der Waals surface area (Å²) >= 11 is 0. The normalized spacial score (nSPS) is 10.1. The van der Waals surface area contributed by atoms with E-state index in [2.05, 4.69) is 15.4 Å². The number of methoxy groups -OCH3 is 1. The zero-order valence-corrected chi connectivity index (χ0v) is 14.6. The fourth-order valence-corrected chi connectivity index (χ4v) is 2.01. The molecule has 0 aliphatic heterocycles. The molecule has 28 heavy (non-hydrogen) atoms. The first-order valence-corrected chi connectivity index (χ1v) is 7.82. The van der Waals surface area contributed by atoms with Crippen molar-refractivity contribution in [2.24, 2.45) is 0 Å². The molecule has 0 spiro atoms. The first-order valence-electron chi connectivity index (χ1n) is 7.82. The molecule has 0 fully saturated rings. The molecule has 0 atom stereocenters. The van der Waals surface area contributed by atoms with E-state index in [9.17, 15) is 27.6 Å². The summed E-state index contributed by atoms with van der Waals surface area (Å²) in [4.78, 5) is 35.1. The molecule has 7 nitrogen and oxygen atoms in total. The summed E-state index contributed by atoms with van der Waals surface area (Å²) in [5.74, 6) is -5.48. The van der Waals surface area contributed by atoms with Gasteiger partial charge in [0, 0.05) is 17.8 Å². The van der Waals surface area contributed by atoms with Crippen LogP contribution < -0.4 is 15.4 Å². The van der Waals surface area contributed by atoms with E-state index in [4.69, 9.17) is 4.74 Å². The number of hydrogen-bond acceptors (Lipinski definition) is 5. The summed E-state index contributed by atoms with van der Waals surface area (Å²) in [6, 6.07) is 6.23. The Labute approximate surface area is 157 Å². The highest BCUT2D eigenvalue weighted by molar-refractivity contribution is 5.95. The number of carbonyl (C=O) groups is 3. The third-order valence-corrected chi connectivity index (χ3v) is 3.38. The maximum atomic E-state index is 13.7. The molecule has 2 rings (SSSR count). The molecule has 0 aromatic heterocycles. The van der Waals surface area contributed by atoms with Crippen molar-refractivity contribution >= 4 is 23.5 Å². The van der Waals surface area contributed by atoms with Crippen molar-refractivity contribution in [1.82, 2.24) is 5.32 Å². The molecule has 148 valence electrons. The number of benzene rings is 2. The minimum atomic E-state index is -1.14. The van der Waals surface area contributed by atoms with Gasteiger partial charge >= 0.3 is 5.97 Å². The zero-order valence-electron chi connectivity index (χ0n) is 14.6. The summed E-state index contributed by atoms with van der Waals surface area (Å²) in [5.41, 5.74) is -0.385. The van der Waals surface area contributed by atoms with E-state index in [1.807, 2.05) is 0 Å². The van der Waals surface area contributed by atoms with Gasteiger partial charge in [-0.15, -0.1) is 0 Å². The minimum absolute atomic E-state index is 0.000410.